The lowest BCUT2D eigenvalue weighted by molar-refractivity contribution is -0.0963. The van der Waals surface area contributed by atoms with E-state index >= 15 is 0 Å². The van der Waals surface area contributed by atoms with Crippen molar-refractivity contribution in [1.29, 1.82) is 0 Å². The Kier molecular flexibility index (Phi) is 2.57. The fourth-order valence-corrected chi connectivity index (χ4v) is 2.03. The van der Waals surface area contributed by atoms with Crippen LogP contribution >= 0.6 is 0 Å². The van der Waals surface area contributed by atoms with E-state index in [1.807, 2.05) is 6.07 Å². The van der Waals surface area contributed by atoms with E-state index in [9.17, 15) is 0 Å². The summed E-state index contributed by atoms with van der Waals surface area (Å²) in [7, 11) is 2.14. The largest absolute Gasteiger partial charge is 0.368 e. The molecule has 1 saturated heterocycles. The number of morpholine rings is 1. The molecule has 1 aliphatic rings. The van der Waals surface area contributed by atoms with Gasteiger partial charge >= 0.3 is 0 Å². The first-order valence-corrected chi connectivity index (χ1v) is 5.09. The van der Waals surface area contributed by atoms with Crippen LogP contribution in [0.2, 0.25) is 0 Å². The third-order valence-electron chi connectivity index (χ3n) is 2.85. The van der Waals surface area contributed by atoms with Crippen LogP contribution in [0.4, 0.5) is 0 Å². The molecule has 2 nitrogen and oxygen atoms in total. The van der Waals surface area contributed by atoms with Crippen molar-refractivity contribution in [2.75, 3.05) is 26.7 Å². The molecule has 1 fully saturated rings. The van der Waals surface area contributed by atoms with E-state index < -0.39 is 0 Å². The van der Waals surface area contributed by atoms with E-state index in [1.165, 1.54) is 5.56 Å². The number of likely N-dealkylation sites (N-methyl/N-ethyl adjacent to an activating group) is 1. The van der Waals surface area contributed by atoms with Gasteiger partial charge in [-0.1, -0.05) is 30.3 Å². The molecule has 1 atom stereocenters. The SMILES string of the molecule is CN1CCOC(C)(c2ccccc2)C1. The average Bonchev–Trinajstić information content (AvgIpc) is 2.19. The Morgan fingerprint density at radius 2 is 2.00 bits per heavy atom. The Morgan fingerprint density at radius 1 is 1.29 bits per heavy atom. The third-order valence-corrected chi connectivity index (χ3v) is 2.85. The molecule has 0 radical (unpaired) electrons. The molecule has 2 rings (SSSR count). The molecular formula is C12H17NO. The van der Waals surface area contributed by atoms with Crippen LogP contribution in [-0.2, 0) is 10.3 Å². The number of ether oxygens (including phenoxy) is 1. The molecule has 1 unspecified atom stereocenters. The first-order valence-electron chi connectivity index (χ1n) is 5.09. The molecular weight excluding hydrogens is 174 g/mol. The lowest BCUT2D eigenvalue weighted by Crippen LogP contribution is -2.46. The molecule has 76 valence electrons. The third kappa shape index (κ3) is 1.81. The standard InChI is InChI=1S/C12H17NO/c1-12(10-13(2)8-9-14-12)11-6-4-3-5-7-11/h3-7H,8-10H2,1-2H3. The summed E-state index contributed by atoms with van der Waals surface area (Å²) >= 11 is 0. The van der Waals surface area contributed by atoms with Crippen LogP contribution in [0.15, 0.2) is 30.3 Å². The maximum Gasteiger partial charge on any atom is 0.103 e. The van der Waals surface area contributed by atoms with Gasteiger partial charge in [0.05, 0.1) is 6.61 Å². The second-order valence-electron chi connectivity index (χ2n) is 4.18. The molecule has 14 heavy (non-hydrogen) atoms. The fraction of sp³-hybridized carbons (Fsp3) is 0.500. The van der Waals surface area contributed by atoms with Gasteiger partial charge in [-0.05, 0) is 19.5 Å². The summed E-state index contributed by atoms with van der Waals surface area (Å²) in [5.74, 6) is 0. The quantitative estimate of drug-likeness (QED) is 0.672. The van der Waals surface area contributed by atoms with Crippen molar-refractivity contribution in [2.24, 2.45) is 0 Å². The van der Waals surface area contributed by atoms with Crippen LogP contribution in [0.1, 0.15) is 12.5 Å². The summed E-state index contributed by atoms with van der Waals surface area (Å²) in [6, 6.07) is 10.5. The van der Waals surface area contributed by atoms with Crippen molar-refractivity contribution in [3.63, 3.8) is 0 Å². The highest BCUT2D eigenvalue weighted by molar-refractivity contribution is 5.22. The summed E-state index contributed by atoms with van der Waals surface area (Å²) in [4.78, 5) is 2.32. The van der Waals surface area contributed by atoms with Gasteiger partial charge in [-0.15, -0.1) is 0 Å². The molecule has 1 aliphatic heterocycles. The van der Waals surface area contributed by atoms with E-state index in [1.54, 1.807) is 0 Å². The predicted molar refractivity (Wildman–Crippen MR) is 57.2 cm³/mol. The zero-order valence-electron chi connectivity index (χ0n) is 8.86. The van der Waals surface area contributed by atoms with E-state index in [-0.39, 0.29) is 5.60 Å². The molecule has 1 aromatic carbocycles. The average molecular weight is 191 g/mol. The van der Waals surface area contributed by atoms with Crippen molar-refractivity contribution in [3.8, 4) is 0 Å². The first-order chi connectivity index (χ1) is 6.71. The van der Waals surface area contributed by atoms with Crippen molar-refractivity contribution in [3.05, 3.63) is 35.9 Å². The van der Waals surface area contributed by atoms with Gasteiger partial charge in [0.1, 0.15) is 5.60 Å². The van der Waals surface area contributed by atoms with Gasteiger partial charge in [-0.3, -0.25) is 0 Å². The van der Waals surface area contributed by atoms with Crippen molar-refractivity contribution >= 4 is 0 Å². The highest BCUT2D eigenvalue weighted by Crippen LogP contribution is 2.28. The van der Waals surface area contributed by atoms with E-state index in [2.05, 4.69) is 43.1 Å². The molecule has 0 N–H and O–H groups in total. The van der Waals surface area contributed by atoms with E-state index in [0.717, 1.165) is 19.7 Å². The Balaban J connectivity index is 2.23. The number of hydrogen-bond donors (Lipinski definition) is 0. The Labute approximate surface area is 85.5 Å². The number of rotatable bonds is 1. The topological polar surface area (TPSA) is 12.5 Å². The van der Waals surface area contributed by atoms with E-state index in [0.29, 0.717) is 0 Å². The summed E-state index contributed by atoms with van der Waals surface area (Å²) in [5, 5.41) is 0. The molecule has 1 heterocycles. The lowest BCUT2D eigenvalue weighted by Gasteiger charge is -2.39. The molecule has 0 aromatic heterocycles. The van der Waals surface area contributed by atoms with Gasteiger partial charge in [0.25, 0.3) is 0 Å². The maximum atomic E-state index is 5.88. The van der Waals surface area contributed by atoms with Gasteiger partial charge < -0.3 is 9.64 Å². The molecule has 0 amide bonds. The Morgan fingerprint density at radius 3 is 2.64 bits per heavy atom. The molecule has 0 aliphatic carbocycles. The Hall–Kier alpha value is -0.860. The summed E-state index contributed by atoms with van der Waals surface area (Å²) in [5.41, 5.74) is 1.14. The van der Waals surface area contributed by atoms with Gasteiger partial charge in [-0.25, -0.2) is 0 Å². The first kappa shape index (κ1) is 9.69. The highest BCUT2D eigenvalue weighted by atomic mass is 16.5. The second-order valence-corrected chi connectivity index (χ2v) is 4.18. The van der Waals surface area contributed by atoms with E-state index in [4.69, 9.17) is 4.74 Å². The van der Waals surface area contributed by atoms with Gasteiger partial charge in [0.2, 0.25) is 0 Å². The molecule has 1 aromatic rings. The van der Waals surface area contributed by atoms with Crippen LogP contribution in [0.25, 0.3) is 0 Å². The minimum absolute atomic E-state index is 0.131. The van der Waals surface area contributed by atoms with Crippen LogP contribution in [0.3, 0.4) is 0 Å². The minimum Gasteiger partial charge on any atom is -0.368 e. The molecule has 0 bridgehead atoms. The molecule has 0 spiro atoms. The summed E-state index contributed by atoms with van der Waals surface area (Å²) in [6.45, 7) is 4.99. The number of hydrogen-bond acceptors (Lipinski definition) is 2. The van der Waals surface area contributed by atoms with Gasteiger partial charge in [0.15, 0.2) is 0 Å². The van der Waals surface area contributed by atoms with Gasteiger partial charge in [0, 0.05) is 13.1 Å². The van der Waals surface area contributed by atoms with Crippen LogP contribution in [0, 0.1) is 0 Å². The highest BCUT2D eigenvalue weighted by Gasteiger charge is 2.31. The monoisotopic (exact) mass is 191 g/mol. The summed E-state index contributed by atoms with van der Waals surface area (Å²) < 4.78 is 5.88. The van der Waals surface area contributed by atoms with Crippen LogP contribution in [0.5, 0.6) is 0 Å². The zero-order chi connectivity index (χ0) is 10.0. The van der Waals surface area contributed by atoms with Crippen molar-refractivity contribution < 1.29 is 4.74 Å². The predicted octanol–water partition coefficient (Wildman–Crippen LogP) is 1.86. The maximum absolute atomic E-state index is 5.88. The number of benzene rings is 1. The number of nitrogens with zero attached hydrogens (tertiary/aromatic N) is 1. The van der Waals surface area contributed by atoms with Crippen LogP contribution in [-0.4, -0.2) is 31.6 Å². The van der Waals surface area contributed by atoms with Crippen molar-refractivity contribution in [2.45, 2.75) is 12.5 Å². The van der Waals surface area contributed by atoms with Crippen molar-refractivity contribution in [1.82, 2.24) is 4.90 Å². The smallest absolute Gasteiger partial charge is 0.103 e. The van der Waals surface area contributed by atoms with Gasteiger partial charge in [-0.2, -0.15) is 0 Å². The molecule has 2 heteroatoms. The summed E-state index contributed by atoms with van der Waals surface area (Å²) in [6.07, 6.45) is 0. The zero-order valence-corrected chi connectivity index (χ0v) is 8.86. The second kappa shape index (κ2) is 3.71. The Bertz CT molecular complexity index is 298. The molecule has 0 saturated carbocycles. The lowest BCUT2D eigenvalue weighted by atomic mass is 9.94. The minimum atomic E-state index is -0.131. The normalized spacial score (nSPS) is 29.0. The fourth-order valence-electron chi connectivity index (χ4n) is 2.03. The van der Waals surface area contributed by atoms with Crippen LogP contribution < -0.4 is 0 Å².